The highest BCUT2D eigenvalue weighted by Gasteiger charge is 2.37. The third kappa shape index (κ3) is 3.69. The molecule has 2 aromatic carbocycles. The number of carbonyl (C=O) groups is 1. The third-order valence-electron chi connectivity index (χ3n) is 6.01. The summed E-state index contributed by atoms with van der Waals surface area (Å²) in [6, 6.07) is 19.0. The fourth-order valence-corrected chi connectivity index (χ4v) is 5.46. The fraction of sp³-hybridized carbons (Fsp3) is 0.391. The molecular formula is C23H26N3OS+. The van der Waals surface area contributed by atoms with E-state index in [2.05, 4.69) is 41.7 Å². The average molecular weight is 393 g/mol. The molecule has 0 unspecified atom stereocenters. The number of hydrogen-bond donors (Lipinski definition) is 2. The van der Waals surface area contributed by atoms with E-state index < -0.39 is 0 Å². The van der Waals surface area contributed by atoms with Crippen molar-refractivity contribution in [3.05, 3.63) is 65.2 Å². The van der Waals surface area contributed by atoms with Crippen molar-refractivity contribution in [3.8, 4) is 0 Å². The summed E-state index contributed by atoms with van der Waals surface area (Å²) in [7, 11) is 0. The lowest BCUT2D eigenvalue weighted by Crippen LogP contribution is -3.14. The number of amides is 1. The van der Waals surface area contributed by atoms with Crippen LogP contribution in [0.1, 0.15) is 48.2 Å². The largest absolute Gasteiger partial charge is 0.348 e. The molecule has 4 nitrogen and oxygen atoms in total. The van der Waals surface area contributed by atoms with E-state index in [0.717, 1.165) is 49.9 Å². The maximum Gasteiger partial charge on any atom is 0.283 e. The lowest BCUT2D eigenvalue weighted by molar-refractivity contribution is -0.927. The van der Waals surface area contributed by atoms with Crippen molar-refractivity contribution in [3.63, 3.8) is 0 Å². The first kappa shape index (κ1) is 17.8. The Hall–Kier alpha value is -2.24. The molecule has 2 aliphatic rings. The Morgan fingerprint density at radius 2 is 1.71 bits per heavy atom. The molecule has 1 amide bonds. The SMILES string of the molecule is O=C(NC1CC1)[C@H](c1ccccc1)[NH+]1CCC(c2nc3ccccc3s2)CC1. The molecule has 5 rings (SSSR count). The molecule has 1 aliphatic heterocycles. The predicted molar refractivity (Wildman–Crippen MR) is 113 cm³/mol. The van der Waals surface area contributed by atoms with Gasteiger partial charge in [0.1, 0.15) is 0 Å². The number of nitrogens with one attached hydrogen (secondary N) is 2. The standard InChI is InChI=1S/C23H25N3OS/c27-22(24-18-10-11-18)21(16-6-2-1-3-7-16)26-14-12-17(13-15-26)23-25-19-8-4-5-9-20(19)28-23/h1-9,17-18,21H,10-15H2,(H,24,27)/p+1/t21-/m0/s1. The lowest BCUT2D eigenvalue weighted by atomic mass is 9.94. The van der Waals surface area contributed by atoms with Crippen LogP contribution in [0.5, 0.6) is 0 Å². The van der Waals surface area contributed by atoms with E-state index in [1.807, 2.05) is 29.5 Å². The van der Waals surface area contributed by atoms with Gasteiger partial charge in [-0.25, -0.2) is 4.98 Å². The van der Waals surface area contributed by atoms with E-state index in [0.29, 0.717) is 12.0 Å². The normalized spacial score (nSPS) is 23.4. The van der Waals surface area contributed by atoms with Crippen molar-refractivity contribution in [2.24, 2.45) is 0 Å². The van der Waals surface area contributed by atoms with Gasteiger partial charge in [0.2, 0.25) is 0 Å². The van der Waals surface area contributed by atoms with Crippen LogP contribution in [0.25, 0.3) is 10.2 Å². The van der Waals surface area contributed by atoms with Crippen LogP contribution in [-0.2, 0) is 4.79 Å². The Bertz CT molecular complexity index is 925. The summed E-state index contributed by atoms with van der Waals surface area (Å²) in [4.78, 5) is 19.3. The number of para-hydroxylation sites is 1. The smallest absolute Gasteiger partial charge is 0.283 e. The Balaban J connectivity index is 1.32. The fourth-order valence-electron chi connectivity index (χ4n) is 4.32. The Labute approximate surface area is 169 Å². The van der Waals surface area contributed by atoms with Gasteiger partial charge in [-0.3, -0.25) is 4.79 Å². The van der Waals surface area contributed by atoms with E-state index in [1.165, 1.54) is 14.6 Å². The molecule has 1 atom stereocenters. The molecule has 2 fully saturated rings. The first-order chi connectivity index (χ1) is 13.8. The summed E-state index contributed by atoms with van der Waals surface area (Å²) in [5.41, 5.74) is 2.25. The van der Waals surface area contributed by atoms with Gasteiger partial charge in [0.25, 0.3) is 5.91 Å². The van der Waals surface area contributed by atoms with Gasteiger partial charge in [-0.15, -0.1) is 11.3 Å². The number of piperidine rings is 1. The van der Waals surface area contributed by atoms with Crippen molar-refractivity contribution in [1.82, 2.24) is 10.3 Å². The molecule has 1 aliphatic carbocycles. The number of quaternary nitrogens is 1. The van der Waals surface area contributed by atoms with Gasteiger partial charge in [-0.1, -0.05) is 42.5 Å². The zero-order chi connectivity index (χ0) is 18.9. The second-order valence-corrected chi connectivity index (χ2v) is 9.14. The highest BCUT2D eigenvalue weighted by molar-refractivity contribution is 7.18. The number of rotatable bonds is 5. The molecule has 1 saturated carbocycles. The Kier molecular flexibility index (Phi) is 4.87. The van der Waals surface area contributed by atoms with Gasteiger partial charge in [-0.2, -0.15) is 0 Å². The third-order valence-corrected chi connectivity index (χ3v) is 7.21. The molecule has 5 heteroatoms. The van der Waals surface area contributed by atoms with Crippen LogP contribution in [0.2, 0.25) is 0 Å². The zero-order valence-electron chi connectivity index (χ0n) is 15.9. The summed E-state index contributed by atoms with van der Waals surface area (Å²) in [5, 5.41) is 4.50. The summed E-state index contributed by atoms with van der Waals surface area (Å²) >= 11 is 1.83. The highest BCUT2D eigenvalue weighted by atomic mass is 32.1. The van der Waals surface area contributed by atoms with Crippen LogP contribution in [0.15, 0.2) is 54.6 Å². The quantitative estimate of drug-likeness (QED) is 0.701. The van der Waals surface area contributed by atoms with Crippen LogP contribution in [0, 0.1) is 0 Å². The van der Waals surface area contributed by atoms with Crippen LogP contribution in [-0.4, -0.2) is 30.0 Å². The van der Waals surface area contributed by atoms with E-state index in [-0.39, 0.29) is 11.9 Å². The first-order valence-electron chi connectivity index (χ1n) is 10.3. The number of aromatic nitrogens is 1. The maximum absolute atomic E-state index is 13.0. The second kappa shape index (κ2) is 7.64. The molecule has 3 aromatic rings. The minimum atomic E-state index is -0.0990. The van der Waals surface area contributed by atoms with Gasteiger partial charge in [-0.05, 0) is 25.0 Å². The summed E-state index contributed by atoms with van der Waals surface area (Å²) in [6.07, 6.45) is 4.44. The van der Waals surface area contributed by atoms with Crippen molar-refractivity contribution in [2.75, 3.05) is 13.1 Å². The average Bonchev–Trinajstić information content (AvgIpc) is 3.44. The van der Waals surface area contributed by atoms with Gasteiger partial charge < -0.3 is 10.2 Å². The maximum atomic E-state index is 13.0. The highest BCUT2D eigenvalue weighted by Crippen LogP contribution is 2.32. The lowest BCUT2D eigenvalue weighted by Gasteiger charge is -2.33. The van der Waals surface area contributed by atoms with Gasteiger partial charge in [0.05, 0.1) is 28.3 Å². The summed E-state index contributed by atoms with van der Waals surface area (Å²) in [6.45, 7) is 2.02. The molecule has 2 heterocycles. The Morgan fingerprint density at radius 1 is 1.00 bits per heavy atom. The summed E-state index contributed by atoms with van der Waals surface area (Å²) < 4.78 is 1.28. The number of thiazole rings is 1. The van der Waals surface area contributed by atoms with Crippen molar-refractivity contribution >= 4 is 27.5 Å². The van der Waals surface area contributed by atoms with Crippen molar-refractivity contribution in [1.29, 1.82) is 0 Å². The van der Waals surface area contributed by atoms with E-state index in [1.54, 1.807) is 0 Å². The predicted octanol–water partition coefficient (Wildman–Crippen LogP) is 3.08. The number of carbonyl (C=O) groups excluding carboxylic acids is 1. The number of hydrogen-bond acceptors (Lipinski definition) is 3. The molecule has 1 saturated heterocycles. The molecule has 144 valence electrons. The topological polar surface area (TPSA) is 46.4 Å². The van der Waals surface area contributed by atoms with E-state index >= 15 is 0 Å². The molecule has 0 spiro atoms. The van der Waals surface area contributed by atoms with E-state index in [4.69, 9.17) is 4.98 Å². The van der Waals surface area contributed by atoms with Gasteiger partial charge >= 0.3 is 0 Å². The molecule has 0 radical (unpaired) electrons. The monoisotopic (exact) mass is 392 g/mol. The van der Waals surface area contributed by atoms with Crippen LogP contribution in [0.3, 0.4) is 0 Å². The van der Waals surface area contributed by atoms with Crippen LogP contribution < -0.4 is 10.2 Å². The molecular weight excluding hydrogens is 366 g/mol. The number of benzene rings is 2. The first-order valence-corrected chi connectivity index (χ1v) is 11.1. The number of likely N-dealkylation sites (tertiary alicyclic amines) is 1. The van der Waals surface area contributed by atoms with Gasteiger partial charge in [0, 0.05) is 30.4 Å². The molecule has 2 N–H and O–H groups in total. The number of fused-ring (bicyclic) bond motifs is 1. The van der Waals surface area contributed by atoms with Crippen LogP contribution in [0.4, 0.5) is 0 Å². The molecule has 1 aromatic heterocycles. The number of nitrogens with zero attached hydrogens (tertiary/aromatic N) is 1. The molecule has 28 heavy (non-hydrogen) atoms. The Morgan fingerprint density at radius 3 is 2.43 bits per heavy atom. The van der Waals surface area contributed by atoms with Crippen LogP contribution >= 0.6 is 11.3 Å². The second-order valence-electron chi connectivity index (χ2n) is 8.08. The van der Waals surface area contributed by atoms with Crippen molar-refractivity contribution in [2.45, 2.75) is 43.7 Å². The van der Waals surface area contributed by atoms with E-state index in [9.17, 15) is 4.79 Å². The van der Waals surface area contributed by atoms with Gasteiger partial charge in [0.15, 0.2) is 6.04 Å². The minimum absolute atomic E-state index is 0.0990. The molecule has 0 bridgehead atoms. The zero-order valence-corrected chi connectivity index (χ0v) is 16.8. The van der Waals surface area contributed by atoms with Crippen molar-refractivity contribution < 1.29 is 9.69 Å². The summed E-state index contributed by atoms with van der Waals surface area (Å²) in [5.74, 6) is 0.714. The minimum Gasteiger partial charge on any atom is -0.348 e.